The molecule has 1 saturated heterocycles. The van der Waals surface area contributed by atoms with Crippen molar-refractivity contribution in [1.82, 2.24) is 15.1 Å². The molecule has 0 unspecified atom stereocenters. The average Bonchev–Trinajstić information content (AvgIpc) is 2.76. The molecule has 1 N–H and O–H groups in total. The molecular formula is C12H21N3. The lowest BCUT2D eigenvalue weighted by Gasteiger charge is -2.15. The Labute approximate surface area is 91.9 Å². The number of nitrogens with zero attached hydrogens (tertiary/aromatic N) is 2. The molecule has 2 rings (SSSR count). The first-order chi connectivity index (χ1) is 7.22. The fourth-order valence-electron chi connectivity index (χ4n) is 2.52. The maximum atomic E-state index is 4.60. The highest BCUT2D eigenvalue weighted by Gasteiger charge is 2.29. The van der Waals surface area contributed by atoms with E-state index < -0.39 is 0 Å². The van der Waals surface area contributed by atoms with Crippen molar-refractivity contribution in [3.05, 3.63) is 17.5 Å². The summed E-state index contributed by atoms with van der Waals surface area (Å²) in [4.78, 5) is 0. The summed E-state index contributed by atoms with van der Waals surface area (Å²) in [5.41, 5.74) is 2.53. The molecule has 0 radical (unpaired) electrons. The summed E-state index contributed by atoms with van der Waals surface area (Å²) in [5.74, 6) is 1.41. The van der Waals surface area contributed by atoms with Gasteiger partial charge in [0.15, 0.2) is 0 Å². The highest BCUT2D eigenvalue weighted by atomic mass is 15.3. The highest BCUT2D eigenvalue weighted by molar-refractivity contribution is 5.16. The number of hydrogen-bond donors (Lipinski definition) is 1. The van der Waals surface area contributed by atoms with Crippen LogP contribution in [0.15, 0.2) is 6.07 Å². The first-order valence-electron chi connectivity index (χ1n) is 5.93. The van der Waals surface area contributed by atoms with E-state index in [9.17, 15) is 0 Å². The quantitative estimate of drug-likeness (QED) is 0.819. The van der Waals surface area contributed by atoms with Crippen molar-refractivity contribution < 1.29 is 0 Å². The number of nitrogens with one attached hydrogen (secondary N) is 1. The van der Waals surface area contributed by atoms with Gasteiger partial charge in [0.2, 0.25) is 0 Å². The minimum Gasteiger partial charge on any atom is -0.316 e. The largest absolute Gasteiger partial charge is 0.316 e. The van der Waals surface area contributed by atoms with E-state index >= 15 is 0 Å². The molecule has 1 aromatic rings. The summed E-state index contributed by atoms with van der Waals surface area (Å²) in [6, 6.07) is 2.24. The Balaban J connectivity index is 2.15. The number of aryl methyl sites for hydroxylation is 2. The summed E-state index contributed by atoms with van der Waals surface area (Å²) in [5, 5.41) is 8.09. The summed E-state index contributed by atoms with van der Waals surface area (Å²) in [6.07, 6.45) is 2.59. The molecule has 0 amide bonds. The SMILES string of the molecule is CCC[C@@H]1CNC[C@@H]1c1cc(C)n(C)n1. The third kappa shape index (κ3) is 2.07. The molecule has 0 spiro atoms. The first-order valence-corrected chi connectivity index (χ1v) is 5.93. The lowest BCUT2D eigenvalue weighted by Crippen LogP contribution is -2.11. The lowest BCUT2D eigenvalue weighted by atomic mass is 9.89. The van der Waals surface area contributed by atoms with Gasteiger partial charge < -0.3 is 5.32 Å². The van der Waals surface area contributed by atoms with Crippen molar-refractivity contribution in [1.29, 1.82) is 0 Å². The third-order valence-electron chi connectivity index (χ3n) is 3.51. The van der Waals surface area contributed by atoms with Crippen molar-refractivity contribution in [3.8, 4) is 0 Å². The van der Waals surface area contributed by atoms with E-state index in [1.165, 1.54) is 24.2 Å². The second-order valence-corrected chi connectivity index (χ2v) is 4.65. The summed E-state index contributed by atoms with van der Waals surface area (Å²) < 4.78 is 1.98. The Hall–Kier alpha value is -0.830. The van der Waals surface area contributed by atoms with Gasteiger partial charge in [-0.2, -0.15) is 5.10 Å². The van der Waals surface area contributed by atoms with Crippen LogP contribution in [0.1, 0.15) is 37.1 Å². The van der Waals surface area contributed by atoms with E-state index in [0.717, 1.165) is 19.0 Å². The molecule has 3 nitrogen and oxygen atoms in total. The van der Waals surface area contributed by atoms with Crippen molar-refractivity contribution in [2.75, 3.05) is 13.1 Å². The number of hydrogen-bond acceptors (Lipinski definition) is 2. The molecular weight excluding hydrogens is 186 g/mol. The van der Waals surface area contributed by atoms with Gasteiger partial charge in [0.1, 0.15) is 0 Å². The van der Waals surface area contributed by atoms with Crippen molar-refractivity contribution >= 4 is 0 Å². The predicted molar refractivity (Wildman–Crippen MR) is 62.0 cm³/mol. The Kier molecular flexibility index (Phi) is 3.10. The van der Waals surface area contributed by atoms with Gasteiger partial charge in [-0.05, 0) is 31.9 Å². The van der Waals surface area contributed by atoms with Crippen LogP contribution in [-0.2, 0) is 7.05 Å². The highest BCUT2D eigenvalue weighted by Crippen LogP contribution is 2.30. The molecule has 0 aromatic carbocycles. The Morgan fingerprint density at radius 1 is 1.53 bits per heavy atom. The van der Waals surface area contributed by atoms with Crippen LogP contribution in [0.4, 0.5) is 0 Å². The van der Waals surface area contributed by atoms with Gasteiger partial charge >= 0.3 is 0 Å². The van der Waals surface area contributed by atoms with Gasteiger partial charge in [-0.25, -0.2) is 0 Å². The molecule has 1 aliphatic heterocycles. The molecule has 84 valence electrons. The molecule has 1 aliphatic rings. The van der Waals surface area contributed by atoms with E-state index in [4.69, 9.17) is 0 Å². The van der Waals surface area contributed by atoms with Crippen LogP contribution in [0.3, 0.4) is 0 Å². The van der Waals surface area contributed by atoms with E-state index in [1.807, 2.05) is 11.7 Å². The van der Waals surface area contributed by atoms with Crippen LogP contribution in [0.2, 0.25) is 0 Å². The van der Waals surface area contributed by atoms with Crippen LogP contribution >= 0.6 is 0 Å². The van der Waals surface area contributed by atoms with Crippen molar-refractivity contribution in [2.24, 2.45) is 13.0 Å². The van der Waals surface area contributed by atoms with Crippen LogP contribution in [0.5, 0.6) is 0 Å². The summed E-state index contributed by atoms with van der Waals surface area (Å²) in [6.45, 7) is 6.64. The van der Waals surface area contributed by atoms with Gasteiger partial charge in [-0.15, -0.1) is 0 Å². The fourth-order valence-corrected chi connectivity index (χ4v) is 2.52. The fraction of sp³-hybridized carbons (Fsp3) is 0.750. The smallest absolute Gasteiger partial charge is 0.0674 e. The second-order valence-electron chi connectivity index (χ2n) is 4.65. The third-order valence-corrected chi connectivity index (χ3v) is 3.51. The average molecular weight is 207 g/mol. The molecule has 0 saturated carbocycles. The zero-order valence-electron chi connectivity index (χ0n) is 9.95. The zero-order chi connectivity index (χ0) is 10.8. The van der Waals surface area contributed by atoms with Crippen LogP contribution in [0, 0.1) is 12.8 Å². The van der Waals surface area contributed by atoms with E-state index in [0.29, 0.717) is 5.92 Å². The normalized spacial score (nSPS) is 26.1. The molecule has 0 bridgehead atoms. The Morgan fingerprint density at radius 2 is 2.33 bits per heavy atom. The lowest BCUT2D eigenvalue weighted by molar-refractivity contribution is 0.463. The van der Waals surface area contributed by atoms with Crippen molar-refractivity contribution in [2.45, 2.75) is 32.6 Å². The van der Waals surface area contributed by atoms with Crippen LogP contribution in [0.25, 0.3) is 0 Å². The van der Waals surface area contributed by atoms with Crippen LogP contribution in [-0.4, -0.2) is 22.9 Å². The molecule has 3 heteroatoms. The summed E-state index contributed by atoms with van der Waals surface area (Å²) in [7, 11) is 2.02. The zero-order valence-corrected chi connectivity index (χ0v) is 9.95. The Bertz CT molecular complexity index is 310. The van der Waals surface area contributed by atoms with E-state index in [2.05, 4.69) is 30.3 Å². The number of rotatable bonds is 3. The predicted octanol–water partition coefficient (Wildman–Crippen LogP) is 1.83. The van der Waals surface area contributed by atoms with E-state index in [1.54, 1.807) is 0 Å². The monoisotopic (exact) mass is 207 g/mol. The van der Waals surface area contributed by atoms with Gasteiger partial charge in [-0.3, -0.25) is 4.68 Å². The van der Waals surface area contributed by atoms with Crippen molar-refractivity contribution in [3.63, 3.8) is 0 Å². The molecule has 2 atom stereocenters. The molecule has 1 fully saturated rings. The minimum absolute atomic E-state index is 0.629. The first kappa shape index (κ1) is 10.7. The molecule has 15 heavy (non-hydrogen) atoms. The van der Waals surface area contributed by atoms with Gasteiger partial charge in [-0.1, -0.05) is 13.3 Å². The number of aromatic nitrogens is 2. The Morgan fingerprint density at radius 3 is 2.93 bits per heavy atom. The van der Waals surface area contributed by atoms with Gasteiger partial charge in [0.05, 0.1) is 5.69 Å². The van der Waals surface area contributed by atoms with Gasteiger partial charge in [0, 0.05) is 25.2 Å². The summed E-state index contributed by atoms with van der Waals surface area (Å²) >= 11 is 0. The van der Waals surface area contributed by atoms with E-state index in [-0.39, 0.29) is 0 Å². The topological polar surface area (TPSA) is 29.9 Å². The molecule has 1 aromatic heterocycles. The maximum Gasteiger partial charge on any atom is 0.0674 e. The molecule has 2 heterocycles. The van der Waals surface area contributed by atoms with Crippen LogP contribution < -0.4 is 5.32 Å². The second kappa shape index (κ2) is 4.35. The molecule has 0 aliphatic carbocycles. The maximum absolute atomic E-state index is 4.60. The minimum atomic E-state index is 0.629. The van der Waals surface area contributed by atoms with Gasteiger partial charge in [0.25, 0.3) is 0 Å². The standard InChI is InChI=1S/C12H21N3/c1-4-5-10-7-13-8-11(10)12-6-9(2)15(3)14-12/h6,10-11,13H,4-5,7-8H2,1-3H3/t10-,11+/m1/s1.